The third-order valence-corrected chi connectivity index (χ3v) is 2.75. The lowest BCUT2D eigenvalue weighted by molar-refractivity contribution is 0.0752. The van der Waals surface area contributed by atoms with Gasteiger partial charge in [0.2, 0.25) is 0 Å². The molecular weight excluding hydrogens is 222 g/mol. The van der Waals surface area contributed by atoms with E-state index in [0.29, 0.717) is 5.52 Å². The van der Waals surface area contributed by atoms with E-state index in [1.165, 1.54) is 6.20 Å². The second kappa shape index (κ2) is 5.27. The SMILES string of the molecule is CCCNCc1ccc2ccn(C(F)F)c2c1. The van der Waals surface area contributed by atoms with Gasteiger partial charge in [-0.2, -0.15) is 8.78 Å². The summed E-state index contributed by atoms with van der Waals surface area (Å²) in [6.07, 6.45) is 2.49. The monoisotopic (exact) mass is 238 g/mol. The van der Waals surface area contributed by atoms with Gasteiger partial charge in [-0.05, 0) is 36.0 Å². The van der Waals surface area contributed by atoms with Gasteiger partial charge in [0.05, 0.1) is 5.52 Å². The predicted octanol–water partition coefficient (Wildman–Crippen LogP) is 3.54. The lowest BCUT2D eigenvalue weighted by Gasteiger charge is -2.06. The maximum absolute atomic E-state index is 12.7. The molecule has 0 fully saturated rings. The molecule has 2 aromatic rings. The van der Waals surface area contributed by atoms with Crippen LogP contribution in [-0.4, -0.2) is 11.1 Å². The Labute approximate surface area is 99.2 Å². The van der Waals surface area contributed by atoms with E-state index in [1.54, 1.807) is 6.07 Å². The molecular formula is C13H16F2N2. The molecule has 0 saturated heterocycles. The van der Waals surface area contributed by atoms with Crippen LogP contribution in [0.2, 0.25) is 0 Å². The Morgan fingerprint density at radius 3 is 2.82 bits per heavy atom. The minimum atomic E-state index is -2.48. The number of hydrogen-bond donors (Lipinski definition) is 1. The van der Waals surface area contributed by atoms with Crippen molar-refractivity contribution in [1.82, 2.24) is 9.88 Å². The van der Waals surface area contributed by atoms with E-state index >= 15 is 0 Å². The molecule has 1 aromatic carbocycles. The van der Waals surface area contributed by atoms with Crippen LogP contribution in [0.25, 0.3) is 10.9 Å². The summed E-state index contributed by atoms with van der Waals surface area (Å²) in [5.41, 5.74) is 1.63. The van der Waals surface area contributed by atoms with Crippen LogP contribution in [0.4, 0.5) is 8.78 Å². The molecule has 0 aliphatic rings. The Kier molecular flexibility index (Phi) is 3.74. The van der Waals surface area contributed by atoms with Crippen LogP contribution in [0.5, 0.6) is 0 Å². The summed E-state index contributed by atoms with van der Waals surface area (Å²) in [4.78, 5) is 0. The Bertz CT molecular complexity index is 491. The maximum atomic E-state index is 12.7. The zero-order valence-electron chi connectivity index (χ0n) is 9.79. The summed E-state index contributed by atoms with van der Waals surface area (Å²) in [5, 5.41) is 4.11. The predicted molar refractivity (Wildman–Crippen MR) is 65.2 cm³/mol. The summed E-state index contributed by atoms with van der Waals surface area (Å²) >= 11 is 0. The van der Waals surface area contributed by atoms with Crippen molar-refractivity contribution in [2.75, 3.05) is 6.54 Å². The van der Waals surface area contributed by atoms with Gasteiger partial charge in [0, 0.05) is 12.7 Å². The summed E-state index contributed by atoms with van der Waals surface area (Å²) in [6.45, 7) is 1.27. The average Bonchev–Trinajstić information content (AvgIpc) is 2.72. The van der Waals surface area contributed by atoms with E-state index in [0.717, 1.165) is 35.0 Å². The smallest absolute Gasteiger partial charge is 0.313 e. The number of alkyl halides is 2. The fourth-order valence-electron chi connectivity index (χ4n) is 1.88. The number of halogens is 2. The molecule has 0 aliphatic carbocycles. The highest BCUT2D eigenvalue weighted by Gasteiger charge is 2.09. The van der Waals surface area contributed by atoms with Crippen molar-refractivity contribution in [3.63, 3.8) is 0 Å². The highest BCUT2D eigenvalue weighted by molar-refractivity contribution is 5.80. The minimum Gasteiger partial charge on any atom is -0.313 e. The topological polar surface area (TPSA) is 17.0 Å². The van der Waals surface area contributed by atoms with Gasteiger partial charge in [-0.3, -0.25) is 4.57 Å². The number of fused-ring (bicyclic) bond motifs is 1. The van der Waals surface area contributed by atoms with Crippen LogP contribution in [0, 0.1) is 0 Å². The molecule has 0 unspecified atom stereocenters. The van der Waals surface area contributed by atoms with Crippen molar-refractivity contribution in [3.8, 4) is 0 Å². The van der Waals surface area contributed by atoms with E-state index in [4.69, 9.17) is 0 Å². The van der Waals surface area contributed by atoms with Crippen molar-refractivity contribution in [2.45, 2.75) is 26.4 Å². The van der Waals surface area contributed by atoms with Crippen LogP contribution in [-0.2, 0) is 6.54 Å². The van der Waals surface area contributed by atoms with Crippen LogP contribution in [0.1, 0.15) is 25.5 Å². The second-order valence-electron chi connectivity index (χ2n) is 4.07. The molecule has 4 heteroatoms. The van der Waals surface area contributed by atoms with E-state index < -0.39 is 6.55 Å². The zero-order valence-corrected chi connectivity index (χ0v) is 9.79. The fraction of sp³-hybridized carbons (Fsp3) is 0.385. The van der Waals surface area contributed by atoms with Crippen LogP contribution >= 0.6 is 0 Å². The highest BCUT2D eigenvalue weighted by atomic mass is 19.3. The summed E-state index contributed by atoms with van der Waals surface area (Å²) in [6, 6.07) is 7.40. The number of benzene rings is 1. The number of nitrogens with zero attached hydrogens (tertiary/aromatic N) is 1. The van der Waals surface area contributed by atoms with E-state index in [-0.39, 0.29) is 0 Å². The number of aromatic nitrogens is 1. The lowest BCUT2D eigenvalue weighted by atomic mass is 10.1. The van der Waals surface area contributed by atoms with E-state index in [2.05, 4.69) is 12.2 Å². The first-order chi connectivity index (χ1) is 8.22. The van der Waals surface area contributed by atoms with E-state index in [9.17, 15) is 8.78 Å². The van der Waals surface area contributed by atoms with Gasteiger partial charge in [-0.15, -0.1) is 0 Å². The number of rotatable bonds is 5. The quantitative estimate of drug-likeness (QED) is 0.788. The Morgan fingerprint density at radius 2 is 2.12 bits per heavy atom. The van der Waals surface area contributed by atoms with Gasteiger partial charge < -0.3 is 5.32 Å². The molecule has 2 nitrogen and oxygen atoms in total. The molecule has 0 aliphatic heterocycles. The molecule has 0 atom stereocenters. The largest absolute Gasteiger partial charge is 0.319 e. The maximum Gasteiger partial charge on any atom is 0.319 e. The molecule has 0 bridgehead atoms. The van der Waals surface area contributed by atoms with Gasteiger partial charge >= 0.3 is 6.55 Å². The van der Waals surface area contributed by atoms with Gasteiger partial charge in [0.1, 0.15) is 0 Å². The lowest BCUT2D eigenvalue weighted by Crippen LogP contribution is -2.13. The molecule has 0 radical (unpaired) electrons. The van der Waals surface area contributed by atoms with Crippen molar-refractivity contribution in [2.24, 2.45) is 0 Å². The van der Waals surface area contributed by atoms with Crippen LogP contribution < -0.4 is 5.32 Å². The number of hydrogen-bond acceptors (Lipinski definition) is 1. The third-order valence-electron chi connectivity index (χ3n) is 2.75. The molecule has 0 amide bonds. The molecule has 0 saturated carbocycles. The standard InChI is InChI=1S/C13H16F2N2/c1-2-6-16-9-10-3-4-11-5-7-17(13(14)15)12(11)8-10/h3-5,7-8,13,16H,2,6,9H2,1H3. The Morgan fingerprint density at radius 1 is 1.29 bits per heavy atom. The molecule has 1 N–H and O–H groups in total. The fourth-order valence-corrected chi connectivity index (χ4v) is 1.88. The molecule has 17 heavy (non-hydrogen) atoms. The molecule has 1 heterocycles. The van der Waals surface area contributed by atoms with Crippen molar-refractivity contribution < 1.29 is 8.78 Å². The Balaban J connectivity index is 2.25. The first kappa shape index (κ1) is 12.0. The second-order valence-corrected chi connectivity index (χ2v) is 4.07. The third kappa shape index (κ3) is 2.64. The van der Waals surface area contributed by atoms with Crippen molar-refractivity contribution in [1.29, 1.82) is 0 Å². The van der Waals surface area contributed by atoms with Gasteiger partial charge in [-0.25, -0.2) is 0 Å². The normalized spacial score (nSPS) is 11.5. The van der Waals surface area contributed by atoms with Gasteiger partial charge in [0.25, 0.3) is 0 Å². The zero-order chi connectivity index (χ0) is 12.3. The van der Waals surface area contributed by atoms with Gasteiger partial charge in [0.15, 0.2) is 0 Å². The molecule has 1 aromatic heterocycles. The highest BCUT2D eigenvalue weighted by Crippen LogP contribution is 2.22. The first-order valence-corrected chi connectivity index (χ1v) is 5.80. The van der Waals surface area contributed by atoms with E-state index in [1.807, 2.05) is 18.2 Å². The molecule has 0 spiro atoms. The first-order valence-electron chi connectivity index (χ1n) is 5.80. The summed E-state index contributed by atoms with van der Waals surface area (Å²) in [7, 11) is 0. The van der Waals surface area contributed by atoms with Crippen molar-refractivity contribution >= 4 is 10.9 Å². The summed E-state index contributed by atoms with van der Waals surface area (Å²) < 4.78 is 26.4. The molecule has 2 rings (SSSR count). The number of nitrogens with one attached hydrogen (secondary N) is 1. The minimum absolute atomic E-state index is 0.593. The van der Waals surface area contributed by atoms with Gasteiger partial charge in [-0.1, -0.05) is 19.1 Å². The summed E-state index contributed by atoms with van der Waals surface area (Å²) in [5.74, 6) is 0. The van der Waals surface area contributed by atoms with Crippen LogP contribution in [0.15, 0.2) is 30.5 Å². The molecule has 92 valence electrons. The Hall–Kier alpha value is -1.42. The van der Waals surface area contributed by atoms with Crippen LogP contribution in [0.3, 0.4) is 0 Å². The van der Waals surface area contributed by atoms with Crippen molar-refractivity contribution in [3.05, 3.63) is 36.0 Å². The average molecular weight is 238 g/mol.